The van der Waals surface area contributed by atoms with Crippen molar-refractivity contribution in [3.63, 3.8) is 0 Å². The summed E-state index contributed by atoms with van der Waals surface area (Å²) in [6.07, 6.45) is 3.41. The minimum Gasteiger partial charge on any atom is -0.388 e. The van der Waals surface area contributed by atoms with Gasteiger partial charge in [0.15, 0.2) is 0 Å². The Morgan fingerprint density at radius 2 is 1.77 bits per heavy atom. The molecular weight excluding hydrogens is 412 g/mol. The molecule has 0 unspecified atom stereocenters. The van der Waals surface area contributed by atoms with Gasteiger partial charge >= 0.3 is 6.03 Å². The Bertz CT molecular complexity index is 949. The van der Waals surface area contributed by atoms with E-state index in [0.717, 1.165) is 13.1 Å². The smallest absolute Gasteiger partial charge is 0.322 e. The van der Waals surface area contributed by atoms with Crippen molar-refractivity contribution in [2.75, 3.05) is 43.9 Å². The zero-order valence-corrected chi connectivity index (χ0v) is 17.5. The monoisotopic (exact) mass is 436 g/mol. The summed E-state index contributed by atoms with van der Waals surface area (Å²) < 4.78 is 0. The number of nitrogens with two attached hydrogens (primary N) is 1. The molecule has 0 aliphatic carbocycles. The third-order valence-corrected chi connectivity index (χ3v) is 4.55. The Balaban J connectivity index is 0.00000320. The molecule has 3 rings (SSSR count). The van der Waals surface area contributed by atoms with Gasteiger partial charge in [0.25, 0.3) is 11.8 Å². The topological polar surface area (TPSA) is 154 Å². The highest BCUT2D eigenvalue weighted by molar-refractivity contribution is 6.06. The molecule has 1 fully saturated rings. The molecule has 11 nitrogen and oxygen atoms in total. The quantitative estimate of drug-likeness (QED) is 0.252. The summed E-state index contributed by atoms with van der Waals surface area (Å²) in [7, 11) is 3.21. The molecule has 2 aromatic heterocycles. The highest BCUT2D eigenvalue weighted by Crippen LogP contribution is 2.20. The van der Waals surface area contributed by atoms with Crippen molar-refractivity contribution in [1.82, 2.24) is 19.8 Å². The van der Waals surface area contributed by atoms with Crippen molar-refractivity contribution in [3.8, 4) is 0 Å². The van der Waals surface area contributed by atoms with Gasteiger partial charge in [-0.1, -0.05) is 0 Å². The fraction of sp³-hybridized carbons (Fsp3) is 0.333. The molecule has 3 heterocycles. The van der Waals surface area contributed by atoms with Crippen LogP contribution in [-0.4, -0.2) is 77.2 Å². The Hall–Kier alpha value is -3.47. The third-order valence-electron chi connectivity index (χ3n) is 4.55. The highest BCUT2D eigenvalue weighted by atomic mass is 35.5. The van der Waals surface area contributed by atoms with Crippen molar-refractivity contribution in [2.45, 2.75) is 6.42 Å². The lowest BCUT2D eigenvalue weighted by molar-refractivity contribution is 0.0793. The van der Waals surface area contributed by atoms with Gasteiger partial charge in [-0.25, -0.2) is 4.79 Å². The predicted molar refractivity (Wildman–Crippen MR) is 116 cm³/mol. The molecule has 30 heavy (non-hydrogen) atoms. The SMILES string of the molecule is CN(CCC(=N)N)C(=O)c1cc(N(C)C(=O)c2cc(NC(=O)N3CC3)c[nH]2)c[nH]1.Cl. The van der Waals surface area contributed by atoms with E-state index in [2.05, 4.69) is 15.3 Å². The Morgan fingerprint density at radius 1 is 1.13 bits per heavy atom. The average molecular weight is 437 g/mol. The van der Waals surface area contributed by atoms with Crippen LogP contribution in [0.4, 0.5) is 16.2 Å². The molecule has 0 bridgehead atoms. The van der Waals surface area contributed by atoms with Gasteiger partial charge in [0.1, 0.15) is 11.4 Å². The van der Waals surface area contributed by atoms with E-state index in [-0.39, 0.29) is 42.5 Å². The maximum absolute atomic E-state index is 12.7. The number of nitrogens with zero attached hydrogens (tertiary/aromatic N) is 3. The Labute approximate surface area is 179 Å². The minimum absolute atomic E-state index is 0. The van der Waals surface area contributed by atoms with E-state index in [9.17, 15) is 14.4 Å². The number of anilines is 2. The second-order valence-corrected chi connectivity index (χ2v) is 6.86. The van der Waals surface area contributed by atoms with Crippen LogP contribution in [0.15, 0.2) is 24.5 Å². The molecule has 0 spiro atoms. The van der Waals surface area contributed by atoms with E-state index < -0.39 is 0 Å². The maximum atomic E-state index is 12.7. The van der Waals surface area contributed by atoms with Crippen LogP contribution < -0.4 is 16.0 Å². The molecule has 1 aliphatic heterocycles. The van der Waals surface area contributed by atoms with Crippen LogP contribution in [0, 0.1) is 5.41 Å². The molecule has 4 amide bonds. The molecule has 0 radical (unpaired) electrons. The zero-order chi connectivity index (χ0) is 21.1. The number of hydrogen-bond acceptors (Lipinski definition) is 4. The number of amidine groups is 1. The lowest BCUT2D eigenvalue weighted by atomic mass is 10.3. The maximum Gasteiger partial charge on any atom is 0.322 e. The molecule has 0 saturated carbocycles. The summed E-state index contributed by atoms with van der Waals surface area (Å²) in [5.74, 6) is -0.573. The first-order chi connectivity index (χ1) is 13.8. The number of rotatable bonds is 7. The van der Waals surface area contributed by atoms with Crippen molar-refractivity contribution in [1.29, 1.82) is 5.41 Å². The molecule has 6 N–H and O–H groups in total. The second-order valence-electron chi connectivity index (χ2n) is 6.86. The lowest BCUT2D eigenvalue weighted by Gasteiger charge is -2.16. The van der Waals surface area contributed by atoms with E-state index in [1.807, 2.05) is 0 Å². The van der Waals surface area contributed by atoms with E-state index >= 15 is 0 Å². The van der Waals surface area contributed by atoms with Crippen LogP contribution in [0.3, 0.4) is 0 Å². The second kappa shape index (κ2) is 9.35. The number of amides is 4. The van der Waals surface area contributed by atoms with E-state index in [1.165, 1.54) is 9.80 Å². The van der Waals surface area contributed by atoms with Gasteiger partial charge in [-0.2, -0.15) is 0 Å². The predicted octanol–water partition coefficient (Wildman–Crippen LogP) is 1.29. The molecular formula is C18H25ClN8O3. The first-order valence-electron chi connectivity index (χ1n) is 9.05. The van der Waals surface area contributed by atoms with Crippen LogP contribution in [0.2, 0.25) is 0 Å². The zero-order valence-electron chi connectivity index (χ0n) is 16.7. The van der Waals surface area contributed by atoms with Gasteiger partial charge in [-0.15, -0.1) is 12.4 Å². The van der Waals surface area contributed by atoms with Gasteiger partial charge in [0.05, 0.1) is 17.2 Å². The number of halogens is 1. The summed E-state index contributed by atoms with van der Waals surface area (Å²) in [6.45, 7) is 1.80. The van der Waals surface area contributed by atoms with Crippen LogP contribution in [0.25, 0.3) is 0 Å². The summed E-state index contributed by atoms with van der Waals surface area (Å²) in [5.41, 5.74) is 6.98. The molecule has 12 heteroatoms. The van der Waals surface area contributed by atoms with Crippen LogP contribution in [0.1, 0.15) is 27.4 Å². The molecule has 2 aromatic rings. The first kappa shape index (κ1) is 22.8. The minimum atomic E-state index is -0.319. The van der Waals surface area contributed by atoms with E-state index in [0.29, 0.717) is 29.3 Å². The fourth-order valence-corrected chi connectivity index (χ4v) is 2.64. The van der Waals surface area contributed by atoms with Crippen molar-refractivity contribution in [2.24, 2.45) is 5.73 Å². The van der Waals surface area contributed by atoms with Gasteiger partial charge in [-0.05, 0) is 12.1 Å². The normalized spacial score (nSPS) is 12.0. The standard InChI is InChI=1S/C18H24N8O3.ClH/c1-24(4-3-15(19)20)16(27)14-8-12(10-22-14)25(2)17(28)13-7-11(9-21-13)23-18(29)26-5-6-26;/h7-10,21-22H,3-6H2,1-2H3,(H3,19,20)(H,23,29);1H. The van der Waals surface area contributed by atoms with E-state index in [4.69, 9.17) is 11.1 Å². The largest absolute Gasteiger partial charge is 0.388 e. The van der Waals surface area contributed by atoms with Crippen molar-refractivity contribution >= 4 is 47.5 Å². The molecule has 1 aliphatic rings. The molecule has 162 valence electrons. The lowest BCUT2D eigenvalue weighted by Crippen LogP contribution is -2.30. The average Bonchev–Trinajstić information content (AvgIpc) is 3.25. The van der Waals surface area contributed by atoms with Gasteiger partial charge in [0, 0.05) is 52.5 Å². The molecule has 0 atom stereocenters. The van der Waals surface area contributed by atoms with Gasteiger partial charge in [0.2, 0.25) is 0 Å². The van der Waals surface area contributed by atoms with Crippen molar-refractivity contribution < 1.29 is 14.4 Å². The highest BCUT2D eigenvalue weighted by Gasteiger charge is 2.25. The number of aromatic nitrogens is 2. The Morgan fingerprint density at radius 3 is 2.40 bits per heavy atom. The number of aromatic amines is 2. The third kappa shape index (κ3) is 5.32. The van der Waals surface area contributed by atoms with Gasteiger partial charge < -0.3 is 35.7 Å². The molecule has 0 aromatic carbocycles. The van der Waals surface area contributed by atoms with Crippen molar-refractivity contribution in [3.05, 3.63) is 35.9 Å². The fourth-order valence-electron chi connectivity index (χ4n) is 2.64. The number of urea groups is 1. The number of H-pyrrole nitrogens is 2. The summed E-state index contributed by atoms with van der Waals surface area (Å²) >= 11 is 0. The van der Waals surface area contributed by atoms with Crippen LogP contribution in [0.5, 0.6) is 0 Å². The van der Waals surface area contributed by atoms with Crippen LogP contribution in [-0.2, 0) is 0 Å². The van der Waals surface area contributed by atoms with E-state index in [1.54, 1.807) is 43.5 Å². The number of carbonyl (C=O) groups is 3. The van der Waals surface area contributed by atoms with Crippen LogP contribution >= 0.6 is 12.4 Å². The Kier molecular flexibility index (Phi) is 7.11. The molecule has 1 saturated heterocycles. The number of nitrogens with one attached hydrogen (secondary N) is 4. The number of hydrogen-bond donors (Lipinski definition) is 5. The summed E-state index contributed by atoms with van der Waals surface area (Å²) in [5, 5.41) is 9.96. The summed E-state index contributed by atoms with van der Waals surface area (Å²) in [4.78, 5) is 47.1. The summed E-state index contributed by atoms with van der Waals surface area (Å²) in [6, 6.07) is 2.95. The van der Waals surface area contributed by atoms with Gasteiger partial charge in [-0.3, -0.25) is 15.0 Å². The first-order valence-corrected chi connectivity index (χ1v) is 9.05. The number of carbonyl (C=O) groups excluding carboxylic acids is 3.